The molecule has 2 aromatic rings. The van der Waals surface area contributed by atoms with E-state index in [1.165, 1.54) is 18.2 Å². The van der Waals surface area contributed by atoms with Crippen molar-refractivity contribution in [1.29, 1.82) is 0 Å². The number of aliphatic hydroxyl groups is 1. The van der Waals surface area contributed by atoms with Gasteiger partial charge in [0.2, 0.25) is 0 Å². The van der Waals surface area contributed by atoms with Gasteiger partial charge in [-0.15, -0.1) is 0 Å². The molecule has 2 rings (SSSR count). The first-order chi connectivity index (χ1) is 10.8. The molecule has 0 aliphatic heterocycles. The summed E-state index contributed by atoms with van der Waals surface area (Å²) in [4.78, 5) is 0. The molecule has 0 saturated heterocycles. The van der Waals surface area contributed by atoms with Crippen LogP contribution in [0.3, 0.4) is 0 Å². The average Bonchev–Trinajstić information content (AvgIpc) is 3.05. The minimum atomic E-state index is -4.48. The Morgan fingerprint density at radius 1 is 1.22 bits per heavy atom. The van der Waals surface area contributed by atoms with Gasteiger partial charge in [0, 0.05) is 25.0 Å². The predicted molar refractivity (Wildman–Crippen MR) is 80.8 cm³/mol. The van der Waals surface area contributed by atoms with Crippen LogP contribution in [0.1, 0.15) is 37.1 Å². The zero-order chi connectivity index (χ0) is 17.0. The lowest BCUT2D eigenvalue weighted by molar-refractivity contribution is -0.139. The van der Waals surface area contributed by atoms with Gasteiger partial charge in [-0.3, -0.25) is 4.68 Å². The number of nitrogens with one attached hydrogen (secondary N) is 1. The molecule has 0 unspecified atom stereocenters. The number of nitrogens with zero attached hydrogens (tertiary/aromatic N) is 2. The van der Waals surface area contributed by atoms with E-state index in [0.717, 1.165) is 6.07 Å². The van der Waals surface area contributed by atoms with Crippen LogP contribution >= 0.6 is 0 Å². The van der Waals surface area contributed by atoms with Gasteiger partial charge < -0.3 is 10.4 Å². The molecule has 0 saturated carbocycles. The highest BCUT2D eigenvalue weighted by Gasteiger charge is 2.34. The van der Waals surface area contributed by atoms with Crippen LogP contribution in [0.4, 0.5) is 13.2 Å². The summed E-state index contributed by atoms with van der Waals surface area (Å²) in [7, 11) is 0. The number of rotatable bonds is 6. The van der Waals surface area contributed by atoms with Gasteiger partial charge in [0.25, 0.3) is 0 Å². The molecular weight excluding hydrogens is 307 g/mol. The predicted octanol–water partition coefficient (Wildman–Crippen LogP) is 3.17. The van der Waals surface area contributed by atoms with Crippen molar-refractivity contribution in [3.05, 3.63) is 53.9 Å². The number of halogens is 3. The van der Waals surface area contributed by atoms with Crippen molar-refractivity contribution in [2.45, 2.75) is 38.2 Å². The van der Waals surface area contributed by atoms with Crippen molar-refractivity contribution in [1.82, 2.24) is 15.1 Å². The maximum Gasteiger partial charge on any atom is 0.416 e. The molecule has 126 valence electrons. The summed E-state index contributed by atoms with van der Waals surface area (Å²) in [5.74, 6) is 0. The lowest BCUT2D eigenvalue weighted by atomic mass is 10.0. The molecule has 7 heteroatoms. The third-order valence-corrected chi connectivity index (χ3v) is 3.92. The second-order valence-corrected chi connectivity index (χ2v) is 5.52. The molecule has 0 bridgehead atoms. The maximum atomic E-state index is 13.0. The zero-order valence-corrected chi connectivity index (χ0v) is 13.0. The number of hydrogen-bond acceptors (Lipinski definition) is 3. The fourth-order valence-electron chi connectivity index (χ4n) is 2.37. The van der Waals surface area contributed by atoms with Gasteiger partial charge in [0.05, 0.1) is 17.7 Å². The van der Waals surface area contributed by atoms with E-state index >= 15 is 0 Å². The SMILES string of the molecule is C[C@H](NC[C@H](O)c1ccccc1C(F)(F)F)[C@H](C)n1cccn1. The summed E-state index contributed by atoms with van der Waals surface area (Å²) >= 11 is 0. The van der Waals surface area contributed by atoms with Gasteiger partial charge in [0.15, 0.2) is 0 Å². The summed E-state index contributed by atoms with van der Waals surface area (Å²) < 4.78 is 40.7. The molecule has 3 atom stereocenters. The lowest BCUT2D eigenvalue weighted by Crippen LogP contribution is -2.36. The van der Waals surface area contributed by atoms with Crippen molar-refractivity contribution in [2.24, 2.45) is 0 Å². The van der Waals surface area contributed by atoms with Crippen LogP contribution in [0.25, 0.3) is 0 Å². The van der Waals surface area contributed by atoms with Gasteiger partial charge in [-0.25, -0.2) is 0 Å². The molecule has 4 nitrogen and oxygen atoms in total. The molecule has 1 aromatic heterocycles. The van der Waals surface area contributed by atoms with Crippen molar-refractivity contribution in [2.75, 3.05) is 6.54 Å². The molecule has 0 aliphatic rings. The molecule has 1 heterocycles. The monoisotopic (exact) mass is 327 g/mol. The fourth-order valence-corrected chi connectivity index (χ4v) is 2.37. The Labute approximate surface area is 132 Å². The van der Waals surface area contributed by atoms with Crippen LogP contribution in [0.15, 0.2) is 42.7 Å². The number of hydrogen-bond donors (Lipinski definition) is 2. The second-order valence-electron chi connectivity index (χ2n) is 5.52. The Morgan fingerprint density at radius 3 is 2.52 bits per heavy atom. The van der Waals surface area contributed by atoms with Crippen LogP contribution in [0, 0.1) is 0 Å². The quantitative estimate of drug-likeness (QED) is 0.857. The Morgan fingerprint density at radius 2 is 1.91 bits per heavy atom. The first-order valence-electron chi connectivity index (χ1n) is 7.37. The smallest absolute Gasteiger partial charge is 0.387 e. The Bertz CT molecular complexity index is 613. The number of alkyl halides is 3. The first kappa shape index (κ1) is 17.5. The highest BCUT2D eigenvalue weighted by atomic mass is 19.4. The van der Waals surface area contributed by atoms with E-state index in [2.05, 4.69) is 10.4 Å². The van der Waals surface area contributed by atoms with E-state index in [1.54, 1.807) is 16.9 Å². The van der Waals surface area contributed by atoms with Gasteiger partial charge >= 0.3 is 6.18 Å². The summed E-state index contributed by atoms with van der Waals surface area (Å²) in [5.41, 5.74) is -0.923. The van der Waals surface area contributed by atoms with Gasteiger partial charge in [-0.05, 0) is 31.5 Å². The van der Waals surface area contributed by atoms with E-state index in [0.29, 0.717) is 0 Å². The van der Waals surface area contributed by atoms with Crippen LogP contribution in [-0.4, -0.2) is 27.5 Å². The van der Waals surface area contributed by atoms with E-state index < -0.39 is 17.8 Å². The summed E-state index contributed by atoms with van der Waals surface area (Å²) in [5, 5.41) is 17.3. The van der Waals surface area contributed by atoms with E-state index in [1.807, 2.05) is 20.0 Å². The van der Waals surface area contributed by atoms with Crippen LogP contribution in [0.2, 0.25) is 0 Å². The van der Waals surface area contributed by atoms with Crippen molar-refractivity contribution < 1.29 is 18.3 Å². The van der Waals surface area contributed by atoms with Crippen LogP contribution in [0.5, 0.6) is 0 Å². The highest BCUT2D eigenvalue weighted by Crippen LogP contribution is 2.34. The molecule has 0 amide bonds. The van der Waals surface area contributed by atoms with E-state index in [9.17, 15) is 18.3 Å². The molecule has 23 heavy (non-hydrogen) atoms. The van der Waals surface area contributed by atoms with E-state index in [-0.39, 0.29) is 24.2 Å². The van der Waals surface area contributed by atoms with Crippen molar-refractivity contribution in [3.8, 4) is 0 Å². The summed E-state index contributed by atoms with van der Waals surface area (Å²) in [6, 6.07) is 6.83. The third-order valence-electron chi connectivity index (χ3n) is 3.92. The van der Waals surface area contributed by atoms with Crippen LogP contribution < -0.4 is 5.32 Å². The molecule has 1 aromatic carbocycles. The zero-order valence-electron chi connectivity index (χ0n) is 13.0. The molecule has 0 spiro atoms. The Hall–Kier alpha value is -1.86. The number of aromatic nitrogens is 2. The summed E-state index contributed by atoms with van der Waals surface area (Å²) in [6.07, 6.45) is -2.23. The third kappa shape index (κ3) is 4.33. The molecule has 0 radical (unpaired) electrons. The molecular formula is C16H20F3N3O. The van der Waals surface area contributed by atoms with Gasteiger partial charge in [0.1, 0.15) is 0 Å². The molecule has 0 fully saturated rings. The minimum Gasteiger partial charge on any atom is -0.387 e. The van der Waals surface area contributed by atoms with E-state index in [4.69, 9.17) is 0 Å². The topological polar surface area (TPSA) is 50.1 Å². The number of aliphatic hydroxyl groups excluding tert-OH is 1. The fraction of sp³-hybridized carbons (Fsp3) is 0.438. The lowest BCUT2D eigenvalue weighted by Gasteiger charge is -2.24. The average molecular weight is 327 g/mol. The number of benzene rings is 1. The Balaban J connectivity index is 2.01. The maximum absolute atomic E-state index is 13.0. The van der Waals surface area contributed by atoms with Crippen LogP contribution in [-0.2, 0) is 6.18 Å². The van der Waals surface area contributed by atoms with Crippen molar-refractivity contribution in [3.63, 3.8) is 0 Å². The Kier molecular flexibility index (Phi) is 5.43. The normalized spacial score (nSPS) is 16.1. The van der Waals surface area contributed by atoms with Crippen molar-refractivity contribution >= 4 is 0 Å². The highest BCUT2D eigenvalue weighted by molar-refractivity contribution is 5.31. The second kappa shape index (κ2) is 7.14. The first-order valence-corrected chi connectivity index (χ1v) is 7.37. The minimum absolute atomic E-state index is 0.00931. The largest absolute Gasteiger partial charge is 0.416 e. The standard InChI is InChI=1S/C16H20F3N3O/c1-11(12(2)22-9-5-8-21-22)20-10-15(23)13-6-3-4-7-14(13)16(17,18)19/h3-9,11-12,15,20,23H,10H2,1-2H3/t11-,12-,15-/m0/s1. The summed E-state index contributed by atoms with van der Waals surface area (Å²) in [6.45, 7) is 3.87. The molecule has 0 aliphatic carbocycles. The molecule has 2 N–H and O–H groups in total. The van der Waals surface area contributed by atoms with Gasteiger partial charge in [-0.1, -0.05) is 18.2 Å². The van der Waals surface area contributed by atoms with Gasteiger partial charge in [-0.2, -0.15) is 18.3 Å².